The van der Waals surface area contributed by atoms with Crippen molar-refractivity contribution in [1.82, 2.24) is 9.80 Å². The van der Waals surface area contributed by atoms with E-state index < -0.39 is 0 Å². The first kappa shape index (κ1) is 21.0. The minimum absolute atomic E-state index is 0.0357. The van der Waals surface area contributed by atoms with Crippen LogP contribution in [0.2, 0.25) is 0 Å². The van der Waals surface area contributed by atoms with Crippen LogP contribution < -0.4 is 0 Å². The number of benzene rings is 2. The minimum atomic E-state index is -0.373. The highest BCUT2D eigenvalue weighted by atomic mass is 16.6. The van der Waals surface area contributed by atoms with E-state index in [1.54, 1.807) is 6.07 Å². The normalized spacial score (nSPS) is 26.4. The Balaban J connectivity index is 1.48. The molecule has 3 fully saturated rings. The van der Waals surface area contributed by atoms with Gasteiger partial charge in [-0.3, -0.25) is 9.80 Å². The smallest absolute Gasteiger partial charge is 0.410 e. The van der Waals surface area contributed by atoms with Crippen molar-refractivity contribution in [3.05, 3.63) is 70.3 Å². The summed E-state index contributed by atoms with van der Waals surface area (Å²) in [4.78, 5) is 29.9. The zero-order valence-electron chi connectivity index (χ0n) is 18.8. The highest BCUT2D eigenvalue weighted by Gasteiger charge is 2.39. The van der Waals surface area contributed by atoms with E-state index in [2.05, 4.69) is 29.2 Å². The number of hydrogen-bond donors (Lipinski definition) is 0. The molecule has 2 aromatic carbocycles. The second kappa shape index (κ2) is 8.58. The van der Waals surface area contributed by atoms with E-state index in [-0.39, 0.29) is 24.2 Å². The van der Waals surface area contributed by atoms with E-state index in [4.69, 9.17) is 9.47 Å². The molecule has 0 aromatic heterocycles. The maximum Gasteiger partial charge on any atom is 0.410 e. The molecule has 2 bridgehead atoms. The van der Waals surface area contributed by atoms with Crippen molar-refractivity contribution in [3.8, 4) is 0 Å². The van der Waals surface area contributed by atoms with Gasteiger partial charge in [-0.1, -0.05) is 35.9 Å². The van der Waals surface area contributed by atoms with Crippen molar-refractivity contribution < 1.29 is 19.1 Å². The summed E-state index contributed by atoms with van der Waals surface area (Å²) in [5, 5.41) is 0. The van der Waals surface area contributed by atoms with Gasteiger partial charge in [0.05, 0.1) is 18.7 Å². The Bertz CT molecular complexity index is 1010. The van der Waals surface area contributed by atoms with Crippen molar-refractivity contribution in [2.24, 2.45) is 5.92 Å². The van der Waals surface area contributed by atoms with Crippen LogP contribution in [0.15, 0.2) is 42.5 Å². The highest BCUT2D eigenvalue weighted by Crippen LogP contribution is 2.37. The number of nitrogens with zero attached hydrogens (tertiary/aromatic N) is 2. The maximum absolute atomic E-state index is 13.5. The quantitative estimate of drug-likeness (QED) is 0.685. The third-order valence-corrected chi connectivity index (χ3v) is 7.27. The molecule has 4 aliphatic rings. The number of esters is 1. The van der Waals surface area contributed by atoms with Crippen LogP contribution in [0.5, 0.6) is 0 Å². The Hall–Kier alpha value is -2.86. The highest BCUT2D eigenvalue weighted by molar-refractivity contribution is 5.89. The monoisotopic (exact) mass is 434 g/mol. The van der Waals surface area contributed by atoms with Gasteiger partial charge in [0.15, 0.2) is 0 Å². The minimum Gasteiger partial charge on any atom is -0.465 e. The summed E-state index contributed by atoms with van der Waals surface area (Å²) in [6.07, 6.45) is 2.64. The van der Waals surface area contributed by atoms with Gasteiger partial charge in [0.2, 0.25) is 0 Å². The number of piperidine rings is 3. The molecule has 3 saturated heterocycles. The van der Waals surface area contributed by atoms with Gasteiger partial charge >= 0.3 is 12.1 Å². The number of rotatable bonds is 3. The summed E-state index contributed by atoms with van der Waals surface area (Å²) in [5.74, 6) is 0.0900. The van der Waals surface area contributed by atoms with Crippen LogP contribution in [0.1, 0.15) is 51.5 Å². The van der Waals surface area contributed by atoms with Gasteiger partial charge in [0, 0.05) is 13.1 Å². The van der Waals surface area contributed by atoms with Gasteiger partial charge in [-0.2, -0.15) is 0 Å². The number of aryl methyl sites for hydroxylation is 1. The van der Waals surface area contributed by atoms with Crippen LogP contribution in [0.25, 0.3) is 0 Å². The molecule has 4 heterocycles. The summed E-state index contributed by atoms with van der Waals surface area (Å²) in [5.41, 5.74) is 4.79. The van der Waals surface area contributed by atoms with Gasteiger partial charge in [-0.05, 0) is 74.0 Å². The van der Waals surface area contributed by atoms with E-state index in [1.807, 2.05) is 24.0 Å². The molecular formula is C26H30N2O4. The van der Waals surface area contributed by atoms with E-state index in [1.165, 1.54) is 7.11 Å². The standard InChI is InChI=1S/C26H30N2O4/c1-17-3-5-20(6-4-17)24-22-15-21(25(29)31-2)8-7-18(22)11-14-28(24)26(30)32-23-16-27-12-9-19(23)10-13-27/h3-8,15,19,23-24H,9-14,16H2,1-2H3/t23-,24-/m1/s1. The molecule has 32 heavy (non-hydrogen) atoms. The first-order chi connectivity index (χ1) is 15.5. The molecule has 1 amide bonds. The summed E-state index contributed by atoms with van der Waals surface area (Å²) < 4.78 is 11.0. The fourth-order valence-electron chi connectivity index (χ4n) is 5.41. The number of hydrogen-bond acceptors (Lipinski definition) is 5. The average molecular weight is 435 g/mol. The molecule has 2 atom stereocenters. The number of carbonyl (C=O) groups excluding carboxylic acids is 2. The predicted octanol–water partition coefficient (Wildman–Crippen LogP) is 3.96. The Morgan fingerprint density at radius 3 is 2.41 bits per heavy atom. The third kappa shape index (κ3) is 3.88. The molecule has 0 unspecified atom stereocenters. The number of fused-ring (bicyclic) bond motifs is 4. The first-order valence-corrected chi connectivity index (χ1v) is 11.5. The molecule has 168 valence electrons. The Morgan fingerprint density at radius 2 is 1.75 bits per heavy atom. The SMILES string of the molecule is COC(=O)c1ccc2c(c1)[C@@H](c1ccc(C)cc1)N(C(=O)O[C@@H]1CN3CCC1CC3)CC2. The van der Waals surface area contributed by atoms with Gasteiger partial charge in [0.1, 0.15) is 6.10 Å². The Morgan fingerprint density at radius 1 is 1.00 bits per heavy atom. The third-order valence-electron chi connectivity index (χ3n) is 7.27. The summed E-state index contributed by atoms with van der Waals surface area (Å²) in [6.45, 7) is 5.69. The fraction of sp³-hybridized carbons (Fsp3) is 0.462. The molecule has 6 rings (SSSR count). The summed E-state index contributed by atoms with van der Waals surface area (Å²) >= 11 is 0. The topological polar surface area (TPSA) is 59.1 Å². The molecular weight excluding hydrogens is 404 g/mol. The van der Waals surface area contributed by atoms with Crippen LogP contribution in [-0.2, 0) is 15.9 Å². The molecule has 2 aromatic rings. The molecule has 0 saturated carbocycles. The van der Waals surface area contributed by atoms with E-state index in [9.17, 15) is 9.59 Å². The zero-order chi connectivity index (χ0) is 22.2. The fourth-order valence-corrected chi connectivity index (χ4v) is 5.41. The molecule has 4 aliphatic heterocycles. The van der Waals surface area contributed by atoms with Crippen LogP contribution in [0, 0.1) is 12.8 Å². The van der Waals surface area contributed by atoms with Gasteiger partial charge in [-0.15, -0.1) is 0 Å². The van der Waals surface area contributed by atoms with E-state index >= 15 is 0 Å². The van der Waals surface area contributed by atoms with Gasteiger partial charge < -0.3 is 9.47 Å². The molecule has 6 heteroatoms. The Labute approximate surface area is 189 Å². The van der Waals surface area contributed by atoms with Crippen LogP contribution in [-0.4, -0.2) is 61.3 Å². The van der Waals surface area contributed by atoms with Crippen LogP contribution >= 0.6 is 0 Å². The lowest BCUT2D eigenvalue weighted by Crippen LogP contribution is -2.53. The molecule has 6 nitrogen and oxygen atoms in total. The average Bonchev–Trinajstić information content (AvgIpc) is 2.83. The largest absolute Gasteiger partial charge is 0.465 e. The first-order valence-electron chi connectivity index (χ1n) is 11.5. The maximum atomic E-state index is 13.5. The lowest BCUT2D eigenvalue weighted by molar-refractivity contribution is -0.0462. The lowest BCUT2D eigenvalue weighted by Gasteiger charge is -2.45. The number of amides is 1. The van der Waals surface area contributed by atoms with Crippen molar-refractivity contribution >= 4 is 12.1 Å². The van der Waals surface area contributed by atoms with Crippen LogP contribution in [0.3, 0.4) is 0 Å². The number of methoxy groups -OCH3 is 1. The summed E-state index contributed by atoms with van der Waals surface area (Å²) in [7, 11) is 1.39. The number of ether oxygens (including phenoxy) is 2. The molecule has 0 radical (unpaired) electrons. The Kier molecular flexibility index (Phi) is 5.64. The van der Waals surface area contributed by atoms with Crippen molar-refractivity contribution in [3.63, 3.8) is 0 Å². The molecule has 0 N–H and O–H groups in total. The van der Waals surface area contributed by atoms with Crippen molar-refractivity contribution in [2.45, 2.75) is 38.3 Å². The zero-order valence-corrected chi connectivity index (χ0v) is 18.8. The van der Waals surface area contributed by atoms with Crippen LogP contribution in [0.4, 0.5) is 4.79 Å². The summed E-state index contributed by atoms with van der Waals surface area (Å²) in [6, 6.07) is 13.6. The van der Waals surface area contributed by atoms with E-state index in [0.29, 0.717) is 18.0 Å². The molecule has 0 spiro atoms. The number of carbonyl (C=O) groups is 2. The molecule has 0 aliphatic carbocycles. The van der Waals surface area contributed by atoms with Gasteiger partial charge in [0.25, 0.3) is 0 Å². The van der Waals surface area contributed by atoms with E-state index in [0.717, 1.165) is 61.2 Å². The van der Waals surface area contributed by atoms with Crippen molar-refractivity contribution in [2.75, 3.05) is 33.3 Å². The van der Waals surface area contributed by atoms with Gasteiger partial charge in [-0.25, -0.2) is 9.59 Å². The second-order valence-electron chi connectivity index (χ2n) is 9.22. The van der Waals surface area contributed by atoms with Crippen molar-refractivity contribution in [1.29, 1.82) is 0 Å². The lowest BCUT2D eigenvalue weighted by atomic mass is 9.85. The second-order valence-corrected chi connectivity index (χ2v) is 9.22. The predicted molar refractivity (Wildman–Crippen MR) is 121 cm³/mol.